The van der Waals surface area contributed by atoms with Crippen LogP contribution in [0.2, 0.25) is 0 Å². The number of amidine groups is 1. The summed E-state index contributed by atoms with van der Waals surface area (Å²) in [6, 6.07) is 0.836. The molecule has 2 heterocycles. The minimum atomic E-state index is 0.0688. The number of hydrogen-bond acceptors (Lipinski definition) is 3. The number of fused-ring (bicyclic) bond motifs is 1. The van der Waals surface area contributed by atoms with Gasteiger partial charge in [0.15, 0.2) is 0 Å². The summed E-state index contributed by atoms with van der Waals surface area (Å²) in [6.45, 7) is 22.0. The van der Waals surface area contributed by atoms with Crippen molar-refractivity contribution in [3.63, 3.8) is 0 Å². The van der Waals surface area contributed by atoms with Gasteiger partial charge in [-0.05, 0) is 30.5 Å². The van der Waals surface area contributed by atoms with Crippen molar-refractivity contribution >= 4 is 5.84 Å². The van der Waals surface area contributed by atoms with Crippen molar-refractivity contribution in [2.75, 3.05) is 20.6 Å². The second-order valence-corrected chi connectivity index (χ2v) is 11.0. The van der Waals surface area contributed by atoms with Crippen molar-refractivity contribution in [2.24, 2.45) is 21.2 Å². The van der Waals surface area contributed by atoms with Crippen LogP contribution in [-0.4, -0.2) is 48.4 Å². The summed E-state index contributed by atoms with van der Waals surface area (Å²) < 4.78 is 0. The highest BCUT2D eigenvalue weighted by Crippen LogP contribution is 2.47. The maximum absolute atomic E-state index is 5.37. The molecule has 2 aliphatic heterocycles. The zero-order valence-electron chi connectivity index (χ0n) is 17.9. The molecular formula is C21H39N3. The first-order valence-electron chi connectivity index (χ1n) is 9.40. The molecule has 2 atom stereocenters. The lowest BCUT2D eigenvalue weighted by Gasteiger charge is -2.45. The molecule has 0 aromatic rings. The largest absolute Gasteiger partial charge is 0.332 e. The second-order valence-electron chi connectivity index (χ2n) is 11.0. The number of aliphatic imine (C=N–C) groups is 1. The first-order valence-corrected chi connectivity index (χ1v) is 9.40. The molecule has 0 aromatic heterocycles. The number of likely N-dealkylation sites (N-methyl/N-ethyl adjacent to an activating group) is 1. The molecule has 24 heavy (non-hydrogen) atoms. The molecule has 0 aromatic carbocycles. The molecule has 2 aliphatic rings. The molecule has 138 valence electrons. The summed E-state index contributed by atoms with van der Waals surface area (Å²) in [7, 11) is 4.41. The molecule has 0 amide bonds. The molecule has 0 N–H and O–H groups in total. The summed E-state index contributed by atoms with van der Waals surface area (Å²) >= 11 is 0. The SMILES string of the molecule is CN(C)C1CC2=C(C(C)(C)C)C(C(C)(C)C)N=C(C(C)(C)C)N2C1. The standard InChI is InChI=1S/C21H39N3/c1-19(2,3)16-15-12-14(23(10)11)13-24(15)18(21(7,8)9)22-17(16)20(4,5)6/h14,17H,12-13H2,1-11H3. The van der Waals surface area contributed by atoms with E-state index in [1.54, 1.807) is 11.3 Å². The predicted molar refractivity (Wildman–Crippen MR) is 105 cm³/mol. The molecule has 1 fully saturated rings. The first-order chi connectivity index (χ1) is 10.6. The van der Waals surface area contributed by atoms with Crippen molar-refractivity contribution in [2.45, 2.75) is 80.8 Å². The Morgan fingerprint density at radius 3 is 1.83 bits per heavy atom. The van der Waals surface area contributed by atoms with Gasteiger partial charge in [0.2, 0.25) is 0 Å². The first kappa shape index (κ1) is 19.5. The molecular weight excluding hydrogens is 294 g/mol. The fourth-order valence-corrected chi connectivity index (χ4v) is 4.02. The van der Waals surface area contributed by atoms with E-state index in [1.165, 1.54) is 5.84 Å². The Hall–Kier alpha value is -0.830. The minimum absolute atomic E-state index is 0.0688. The molecule has 0 spiro atoms. The topological polar surface area (TPSA) is 18.8 Å². The van der Waals surface area contributed by atoms with Gasteiger partial charge >= 0.3 is 0 Å². The third-order valence-electron chi connectivity index (χ3n) is 5.27. The lowest BCUT2D eigenvalue weighted by atomic mass is 9.70. The summed E-state index contributed by atoms with van der Waals surface area (Å²) in [4.78, 5) is 10.3. The normalized spacial score (nSPS) is 26.2. The van der Waals surface area contributed by atoms with Crippen LogP contribution in [0.4, 0.5) is 0 Å². The Kier molecular flexibility index (Phi) is 4.76. The Labute approximate surface area is 150 Å². The fraction of sp³-hybridized carbons (Fsp3) is 0.857. The van der Waals surface area contributed by atoms with Crippen LogP contribution in [0.3, 0.4) is 0 Å². The molecule has 2 rings (SSSR count). The van der Waals surface area contributed by atoms with Gasteiger partial charge in [0.25, 0.3) is 0 Å². The second kappa shape index (κ2) is 5.86. The van der Waals surface area contributed by atoms with E-state index in [4.69, 9.17) is 4.99 Å². The Balaban J connectivity index is 2.67. The minimum Gasteiger partial charge on any atom is -0.332 e. The van der Waals surface area contributed by atoms with Crippen LogP contribution in [0.1, 0.15) is 68.7 Å². The van der Waals surface area contributed by atoms with Gasteiger partial charge in [0, 0.05) is 30.1 Å². The van der Waals surface area contributed by atoms with Crippen molar-refractivity contribution in [1.82, 2.24) is 9.80 Å². The maximum atomic E-state index is 5.37. The molecule has 0 saturated carbocycles. The summed E-state index contributed by atoms with van der Waals surface area (Å²) in [6.07, 6.45) is 1.14. The maximum Gasteiger partial charge on any atom is 0.109 e. The van der Waals surface area contributed by atoms with Gasteiger partial charge in [-0.1, -0.05) is 62.3 Å². The quantitative estimate of drug-likeness (QED) is 0.686. The molecule has 0 aliphatic carbocycles. The third kappa shape index (κ3) is 3.56. The van der Waals surface area contributed by atoms with Crippen LogP contribution in [0, 0.1) is 16.2 Å². The van der Waals surface area contributed by atoms with Crippen LogP contribution in [-0.2, 0) is 0 Å². The average Bonchev–Trinajstić information content (AvgIpc) is 2.76. The predicted octanol–water partition coefficient (Wildman–Crippen LogP) is 4.80. The van der Waals surface area contributed by atoms with E-state index < -0.39 is 0 Å². The van der Waals surface area contributed by atoms with Gasteiger partial charge in [-0.25, -0.2) is 0 Å². The van der Waals surface area contributed by atoms with Crippen LogP contribution < -0.4 is 0 Å². The van der Waals surface area contributed by atoms with Gasteiger partial charge in [-0.15, -0.1) is 0 Å². The summed E-state index contributed by atoms with van der Waals surface area (Å²) in [5.74, 6) is 1.27. The van der Waals surface area contributed by atoms with E-state index in [9.17, 15) is 0 Å². The zero-order chi connectivity index (χ0) is 18.7. The number of hydrogen-bond donors (Lipinski definition) is 0. The van der Waals surface area contributed by atoms with Gasteiger partial charge < -0.3 is 9.80 Å². The van der Waals surface area contributed by atoms with Crippen LogP contribution in [0.25, 0.3) is 0 Å². The highest BCUT2D eigenvalue weighted by molar-refractivity contribution is 5.90. The number of rotatable bonds is 1. The lowest BCUT2D eigenvalue weighted by Crippen LogP contribution is -2.47. The van der Waals surface area contributed by atoms with Gasteiger partial charge in [-0.3, -0.25) is 4.99 Å². The monoisotopic (exact) mass is 333 g/mol. The molecule has 3 heteroatoms. The van der Waals surface area contributed by atoms with E-state index in [1.807, 2.05) is 0 Å². The van der Waals surface area contributed by atoms with Crippen molar-refractivity contribution < 1.29 is 0 Å². The third-order valence-corrected chi connectivity index (χ3v) is 5.27. The van der Waals surface area contributed by atoms with Crippen LogP contribution in [0.15, 0.2) is 16.3 Å². The zero-order valence-corrected chi connectivity index (χ0v) is 17.9. The van der Waals surface area contributed by atoms with E-state index in [0.29, 0.717) is 6.04 Å². The Morgan fingerprint density at radius 2 is 1.46 bits per heavy atom. The Bertz CT molecular complexity index is 547. The van der Waals surface area contributed by atoms with Gasteiger partial charge in [-0.2, -0.15) is 0 Å². The fourth-order valence-electron chi connectivity index (χ4n) is 4.02. The number of nitrogens with zero attached hydrogens (tertiary/aromatic N) is 3. The van der Waals surface area contributed by atoms with Gasteiger partial charge in [0.1, 0.15) is 5.84 Å². The van der Waals surface area contributed by atoms with Crippen LogP contribution >= 0.6 is 0 Å². The van der Waals surface area contributed by atoms with E-state index in [-0.39, 0.29) is 22.3 Å². The van der Waals surface area contributed by atoms with Gasteiger partial charge in [0.05, 0.1) is 6.04 Å². The molecule has 3 nitrogen and oxygen atoms in total. The van der Waals surface area contributed by atoms with Crippen molar-refractivity contribution in [3.8, 4) is 0 Å². The van der Waals surface area contributed by atoms with E-state index in [0.717, 1.165) is 13.0 Å². The highest BCUT2D eigenvalue weighted by Gasteiger charge is 2.46. The average molecular weight is 334 g/mol. The molecule has 0 bridgehead atoms. The van der Waals surface area contributed by atoms with E-state index in [2.05, 4.69) is 86.2 Å². The van der Waals surface area contributed by atoms with Crippen molar-refractivity contribution in [1.29, 1.82) is 0 Å². The summed E-state index contributed by atoms with van der Waals surface area (Å²) in [5, 5.41) is 0. The highest BCUT2D eigenvalue weighted by atomic mass is 15.3. The van der Waals surface area contributed by atoms with Crippen molar-refractivity contribution in [3.05, 3.63) is 11.3 Å². The van der Waals surface area contributed by atoms with Crippen LogP contribution in [0.5, 0.6) is 0 Å². The molecule has 0 radical (unpaired) electrons. The molecule has 2 unspecified atom stereocenters. The molecule has 1 saturated heterocycles. The van der Waals surface area contributed by atoms with E-state index >= 15 is 0 Å². The Morgan fingerprint density at radius 1 is 0.917 bits per heavy atom. The summed E-state index contributed by atoms with van der Waals surface area (Å²) in [5.41, 5.74) is 3.43. The lowest BCUT2D eigenvalue weighted by molar-refractivity contribution is 0.279. The smallest absolute Gasteiger partial charge is 0.109 e.